The fourth-order valence-corrected chi connectivity index (χ4v) is 4.24. The first-order valence-corrected chi connectivity index (χ1v) is 10.8. The largest absolute Gasteiger partial charge is 0.396 e. The second kappa shape index (κ2) is 8.44. The zero-order chi connectivity index (χ0) is 22.1. The van der Waals surface area contributed by atoms with Gasteiger partial charge in [0.1, 0.15) is 16.7 Å². The number of nitrogens with two attached hydrogens (primary N) is 1. The van der Waals surface area contributed by atoms with Crippen molar-refractivity contribution >= 4 is 63.5 Å². The summed E-state index contributed by atoms with van der Waals surface area (Å²) in [5, 5.41) is 10.9. The summed E-state index contributed by atoms with van der Waals surface area (Å²) in [5.74, 6) is 0.803. The normalized spacial score (nSPS) is 16.7. The minimum absolute atomic E-state index is 0.0496. The third-order valence-electron chi connectivity index (χ3n) is 5.10. The molecule has 0 aliphatic carbocycles. The number of aromatic nitrogens is 3. The lowest BCUT2D eigenvalue weighted by molar-refractivity contribution is -0.119. The molecule has 2 aromatic heterocycles. The molecule has 0 fully saturated rings. The van der Waals surface area contributed by atoms with Crippen LogP contribution in [0, 0.1) is 5.41 Å². The fourth-order valence-electron chi connectivity index (χ4n) is 3.51. The molecular formula is C21H20ClN7OS. The predicted octanol–water partition coefficient (Wildman–Crippen LogP) is 3.96. The Morgan fingerprint density at radius 2 is 2.06 bits per heavy atom. The van der Waals surface area contributed by atoms with Crippen LogP contribution in [0.25, 0.3) is 11.3 Å². The zero-order valence-corrected chi connectivity index (χ0v) is 18.5. The van der Waals surface area contributed by atoms with E-state index < -0.39 is 6.04 Å². The van der Waals surface area contributed by atoms with Gasteiger partial charge in [0.2, 0.25) is 5.91 Å². The van der Waals surface area contributed by atoms with Crippen LogP contribution >= 0.6 is 22.9 Å². The van der Waals surface area contributed by atoms with E-state index in [1.165, 1.54) is 11.3 Å². The Hall–Kier alpha value is -3.30. The first-order chi connectivity index (χ1) is 15.0. The van der Waals surface area contributed by atoms with Crippen LogP contribution in [-0.4, -0.2) is 40.2 Å². The van der Waals surface area contributed by atoms with E-state index in [0.29, 0.717) is 39.2 Å². The monoisotopic (exact) mass is 453 g/mol. The van der Waals surface area contributed by atoms with E-state index in [2.05, 4.69) is 9.97 Å². The average molecular weight is 454 g/mol. The van der Waals surface area contributed by atoms with Crippen LogP contribution in [0.4, 0.5) is 17.2 Å². The molecule has 3 N–H and O–H groups in total. The van der Waals surface area contributed by atoms with E-state index in [1.54, 1.807) is 36.5 Å². The molecule has 0 unspecified atom stereocenters. The lowest BCUT2D eigenvalue weighted by Gasteiger charge is -2.40. The summed E-state index contributed by atoms with van der Waals surface area (Å²) in [5.41, 5.74) is 8.33. The van der Waals surface area contributed by atoms with Crippen LogP contribution in [0.3, 0.4) is 0 Å². The Bertz CT molecular complexity index is 1160. The highest BCUT2D eigenvalue weighted by Gasteiger charge is 2.38. The topological polar surface area (TPSA) is 112 Å². The highest BCUT2D eigenvalue weighted by molar-refractivity contribution is 7.10. The molecule has 8 nitrogen and oxygen atoms in total. The highest BCUT2D eigenvalue weighted by atomic mass is 35.5. The van der Waals surface area contributed by atoms with Crippen molar-refractivity contribution in [2.45, 2.75) is 19.4 Å². The molecule has 3 aromatic rings. The number of fused-ring (bicyclic) bond motifs is 1. The molecule has 10 heteroatoms. The van der Waals surface area contributed by atoms with Crippen molar-refractivity contribution in [3.05, 3.63) is 57.9 Å². The molecule has 0 radical (unpaired) electrons. The number of carbonyl (C=O) groups is 1. The Morgan fingerprint density at radius 1 is 1.32 bits per heavy atom. The number of nitrogens with zero attached hydrogens (tertiary/aromatic N) is 5. The number of anilines is 3. The standard InChI is InChI=1S/C21H20ClN7OS/c1-3-15-21(30)28(2)16-11-26-18(14(10-23)17(24)20-25-8-9-31-20)27-19(16)29(15)13-6-4-12(22)5-7-13/h4-11,15,23H,3,24H2,1-2H3/b17-14+,23-10?/t15-/m1/s1. The maximum atomic E-state index is 13.0. The van der Waals surface area contributed by atoms with E-state index in [-0.39, 0.29) is 11.7 Å². The summed E-state index contributed by atoms with van der Waals surface area (Å²) in [6.07, 6.45) is 4.94. The van der Waals surface area contributed by atoms with Crippen LogP contribution in [-0.2, 0) is 4.79 Å². The average Bonchev–Trinajstić information content (AvgIpc) is 3.32. The predicted molar refractivity (Wildman–Crippen MR) is 125 cm³/mol. The van der Waals surface area contributed by atoms with Gasteiger partial charge in [0.05, 0.1) is 17.5 Å². The summed E-state index contributed by atoms with van der Waals surface area (Å²) in [6, 6.07) is 6.82. The van der Waals surface area contributed by atoms with E-state index in [4.69, 9.17) is 27.7 Å². The number of likely N-dealkylation sites (N-methyl/N-ethyl adjacent to an activating group) is 1. The van der Waals surface area contributed by atoms with Crippen LogP contribution in [0.1, 0.15) is 24.2 Å². The second-order valence-corrected chi connectivity index (χ2v) is 8.21. The van der Waals surface area contributed by atoms with Gasteiger partial charge in [-0.2, -0.15) is 0 Å². The van der Waals surface area contributed by atoms with E-state index in [9.17, 15) is 4.79 Å². The molecule has 1 amide bonds. The Labute approximate surface area is 188 Å². The van der Waals surface area contributed by atoms with Gasteiger partial charge >= 0.3 is 0 Å². The molecule has 1 aliphatic heterocycles. The van der Waals surface area contributed by atoms with Crippen molar-refractivity contribution in [3.63, 3.8) is 0 Å². The maximum Gasteiger partial charge on any atom is 0.250 e. The molecule has 158 valence electrons. The number of halogens is 1. The van der Waals surface area contributed by atoms with Gasteiger partial charge in [-0.15, -0.1) is 11.3 Å². The molecule has 0 bridgehead atoms. The first kappa shape index (κ1) is 21.0. The highest BCUT2D eigenvalue weighted by Crippen LogP contribution is 2.40. The van der Waals surface area contributed by atoms with Gasteiger partial charge in [-0.05, 0) is 30.7 Å². The fraction of sp³-hybridized carbons (Fsp3) is 0.190. The third kappa shape index (κ3) is 3.66. The summed E-state index contributed by atoms with van der Waals surface area (Å²) in [7, 11) is 1.71. The Balaban J connectivity index is 1.91. The Kier molecular flexibility index (Phi) is 5.71. The van der Waals surface area contributed by atoms with Crippen molar-refractivity contribution in [1.29, 1.82) is 5.41 Å². The second-order valence-electron chi connectivity index (χ2n) is 6.88. The van der Waals surface area contributed by atoms with Gasteiger partial charge in [0.25, 0.3) is 0 Å². The first-order valence-electron chi connectivity index (χ1n) is 9.56. The third-order valence-corrected chi connectivity index (χ3v) is 6.15. The summed E-state index contributed by atoms with van der Waals surface area (Å²) in [6.45, 7) is 1.95. The van der Waals surface area contributed by atoms with Crippen LogP contribution in [0.5, 0.6) is 0 Å². The smallest absolute Gasteiger partial charge is 0.250 e. The molecule has 1 aliphatic rings. The number of allylic oxidation sites excluding steroid dienone is 1. The summed E-state index contributed by atoms with van der Waals surface area (Å²) in [4.78, 5) is 29.9. The number of carbonyl (C=O) groups excluding carboxylic acids is 1. The van der Waals surface area contributed by atoms with Gasteiger partial charge in [-0.3, -0.25) is 4.79 Å². The molecule has 0 saturated heterocycles. The van der Waals surface area contributed by atoms with E-state index >= 15 is 0 Å². The molecule has 1 aromatic carbocycles. The van der Waals surface area contributed by atoms with Gasteiger partial charge in [0, 0.05) is 35.5 Å². The number of rotatable bonds is 5. The molecule has 1 atom stereocenters. The van der Waals surface area contributed by atoms with E-state index in [0.717, 1.165) is 11.9 Å². The van der Waals surface area contributed by atoms with Crippen molar-refractivity contribution < 1.29 is 4.79 Å². The van der Waals surface area contributed by atoms with Crippen molar-refractivity contribution in [1.82, 2.24) is 15.0 Å². The lowest BCUT2D eigenvalue weighted by atomic mass is 10.1. The zero-order valence-electron chi connectivity index (χ0n) is 16.9. The minimum atomic E-state index is -0.440. The number of hydrogen-bond donors (Lipinski definition) is 2. The van der Waals surface area contributed by atoms with Crippen LogP contribution in [0.15, 0.2) is 42.0 Å². The quantitative estimate of drug-likeness (QED) is 0.565. The summed E-state index contributed by atoms with van der Waals surface area (Å²) >= 11 is 7.45. The summed E-state index contributed by atoms with van der Waals surface area (Å²) < 4.78 is 0. The Morgan fingerprint density at radius 3 is 2.68 bits per heavy atom. The lowest BCUT2D eigenvalue weighted by Crippen LogP contribution is -2.50. The SMILES string of the molecule is CC[C@@H]1C(=O)N(C)c2cnc(/C(C=N)=C(/N)c3nccs3)nc2N1c1ccc(Cl)cc1. The van der Waals surface area contributed by atoms with Crippen molar-refractivity contribution in [3.8, 4) is 0 Å². The van der Waals surface area contributed by atoms with Gasteiger partial charge in [-0.25, -0.2) is 15.0 Å². The van der Waals surface area contributed by atoms with Crippen molar-refractivity contribution in [2.75, 3.05) is 16.8 Å². The van der Waals surface area contributed by atoms with Gasteiger partial charge < -0.3 is 20.9 Å². The van der Waals surface area contributed by atoms with E-state index in [1.807, 2.05) is 29.3 Å². The van der Waals surface area contributed by atoms with Gasteiger partial charge in [-0.1, -0.05) is 18.5 Å². The minimum Gasteiger partial charge on any atom is -0.396 e. The molecule has 3 heterocycles. The molecule has 31 heavy (non-hydrogen) atoms. The molecular weight excluding hydrogens is 434 g/mol. The van der Waals surface area contributed by atoms with Crippen LogP contribution < -0.4 is 15.5 Å². The van der Waals surface area contributed by atoms with Gasteiger partial charge in [0.15, 0.2) is 11.6 Å². The maximum absolute atomic E-state index is 13.0. The number of hydrogen-bond acceptors (Lipinski definition) is 8. The molecule has 4 rings (SSSR count). The van der Waals surface area contributed by atoms with Crippen molar-refractivity contribution in [2.24, 2.45) is 5.73 Å². The molecule has 0 saturated carbocycles. The number of thiazole rings is 1. The number of nitrogens with one attached hydrogen (secondary N) is 1. The van der Waals surface area contributed by atoms with Crippen LogP contribution in [0.2, 0.25) is 5.02 Å². The number of benzene rings is 1. The molecule has 0 spiro atoms. The number of amides is 1.